The predicted molar refractivity (Wildman–Crippen MR) is 83.4 cm³/mol. The van der Waals surface area contributed by atoms with Crippen LogP contribution in [0.1, 0.15) is 12.7 Å². The van der Waals surface area contributed by atoms with Crippen LogP contribution in [0.25, 0.3) is 0 Å². The SMILES string of the molecule is COc1cccc(OC)c1OC[C@H](C)C[NH2+]Cc1ccco1. The first-order chi connectivity index (χ1) is 10.7. The van der Waals surface area contributed by atoms with Gasteiger partial charge in [-0.15, -0.1) is 0 Å². The molecule has 0 saturated heterocycles. The van der Waals surface area contributed by atoms with E-state index in [2.05, 4.69) is 12.2 Å². The molecule has 0 radical (unpaired) electrons. The van der Waals surface area contributed by atoms with E-state index in [1.165, 1.54) is 0 Å². The molecule has 0 aliphatic heterocycles. The van der Waals surface area contributed by atoms with Gasteiger partial charge in [0.2, 0.25) is 5.75 Å². The van der Waals surface area contributed by atoms with E-state index in [1.807, 2.05) is 30.3 Å². The Kier molecular flexibility index (Phi) is 6.15. The number of benzene rings is 1. The molecule has 5 nitrogen and oxygen atoms in total. The number of quaternary nitrogens is 1. The second-order valence-corrected chi connectivity index (χ2v) is 5.22. The lowest BCUT2D eigenvalue weighted by molar-refractivity contribution is -0.677. The van der Waals surface area contributed by atoms with Crippen LogP contribution < -0.4 is 19.5 Å². The van der Waals surface area contributed by atoms with Crippen LogP contribution in [0.2, 0.25) is 0 Å². The molecule has 0 fully saturated rings. The molecular weight excluding hydrogens is 282 g/mol. The molecule has 22 heavy (non-hydrogen) atoms. The Morgan fingerprint density at radius 2 is 1.82 bits per heavy atom. The highest BCUT2D eigenvalue weighted by Crippen LogP contribution is 2.36. The first-order valence-corrected chi connectivity index (χ1v) is 7.42. The predicted octanol–water partition coefficient (Wildman–Crippen LogP) is 2.08. The second kappa shape index (κ2) is 8.34. The normalized spacial score (nSPS) is 12.0. The molecule has 120 valence electrons. The van der Waals surface area contributed by atoms with Gasteiger partial charge in [-0.3, -0.25) is 0 Å². The monoisotopic (exact) mass is 306 g/mol. The fraction of sp³-hybridized carbons (Fsp3) is 0.412. The van der Waals surface area contributed by atoms with Gasteiger partial charge in [-0.25, -0.2) is 0 Å². The minimum atomic E-state index is 0.393. The first-order valence-electron chi connectivity index (χ1n) is 7.42. The van der Waals surface area contributed by atoms with Gasteiger partial charge in [-0.1, -0.05) is 13.0 Å². The van der Waals surface area contributed by atoms with Crippen molar-refractivity contribution in [3.8, 4) is 17.2 Å². The van der Waals surface area contributed by atoms with Gasteiger partial charge in [0.05, 0.1) is 33.6 Å². The maximum Gasteiger partial charge on any atom is 0.203 e. The maximum atomic E-state index is 5.91. The minimum absolute atomic E-state index is 0.393. The van der Waals surface area contributed by atoms with Gasteiger partial charge in [-0.05, 0) is 24.3 Å². The lowest BCUT2D eigenvalue weighted by atomic mass is 10.2. The van der Waals surface area contributed by atoms with Gasteiger partial charge in [0.1, 0.15) is 6.54 Å². The maximum absolute atomic E-state index is 5.91. The quantitative estimate of drug-likeness (QED) is 0.770. The second-order valence-electron chi connectivity index (χ2n) is 5.22. The van der Waals surface area contributed by atoms with Gasteiger partial charge in [0.25, 0.3) is 0 Å². The molecule has 0 spiro atoms. The van der Waals surface area contributed by atoms with Crippen molar-refractivity contribution < 1.29 is 23.9 Å². The molecule has 0 unspecified atom stereocenters. The number of hydrogen-bond donors (Lipinski definition) is 1. The zero-order valence-corrected chi connectivity index (χ0v) is 13.4. The highest BCUT2D eigenvalue weighted by Gasteiger charge is 2.13. The lowest BCUT2D eigenvalue weighted by Gasteiger charge is -2.16. The topological polar surface area (TPSA) is 57.4 Å². The van der Waals surface area contributed by atoms with Crippen LogP contribution in [0, 0.1) is 5.92 Å². The van der Waals surface area contributed by atoms with Crippen LogP contribution in [-0.2, 0) is 6.54 Å². The number of methoxy groups -OCH3 is 2. The number of para-hydroxylation sites is 1. The van der Waals surface area contributed by atoms with Crippen molar-refractivity contribution in [2.45, 2.75) is 13.5 Å². The third-order valence-electron chi connectivity index (χ3n) is 3.39. The molecule has 2 N–H and O–H groups in total. The van der Waals surface area contributed by atoms with E-state index < -0.39 is 0 Å². The van der Waals surface area contributed by atoms with Gasteiger partial charge in [0, 0.05) is 5.92 Å². The Bertz CT molecular complexity index is 532. The number of rotatable bonds is 9. The van der Waals surface area contributed by atoms with Gasteiger partial charge >= 0.3 is 0 Å². The number of nitrogens with two attached hydrogens (primary N) is 1. The van der Waals surface area contributed by atoms with Crippen molar-refractivity contribution in [2.24, 2.45) is 5.92 Å². The van der Waals surface area contributed by atoms with Gasteiger partial charge in [-0.2, -0.15) is 0 Å². The molecule has 0 amide bonds. The van der Waals surface area contributed by atoms with Crippen molar-refractivity contribution >= 4 is 0 Å². The van der Waals surface area contributed by atoms with Crippen molar-refractivity contribution in [1.29, 1.82) is 0 Å². The minimum Gasteiger partial charge on any atom is -0.493 e. The van der Waals surface area contributed by atoms with E-state index in [4.69, 9.17) is 18.6 Å². The average molecular weight is 306 g/mol. The molecule has 2 rings (SSSR count). The van der Waals surface area contributed by atoms with E-state index in [9.17, 15) is 0 Å². The number of hydrogen-bond acceptors (Lipinski definition) is 4. The van der Waals surface area contributed by atoms with Gasteiger partial charge in [0.15, 0.2) is 17.3 Å². The summed E-state index contributed by atoms with van der Waals surface area (Å²) in [7, 11) is 3.25. The molecule has 0 aliphatic rings. The summed E-state index contributed by atoms with van der Waals surface area (Å²) in [6.07, 6.45) is 1.70. The summed E-state index contributed by atoms with van der Waals surface area (Å²) >= 11 is 0. The highest BCUT2D eigenvalue weighted by molar-refractivity contribution is 5.51. The van der Waals surface area contributed by atoms with E-state index >= 15 is 0 Å². The van der Waals surface area contributed by atoms with Gasteiger partial charge < -0.3 is 23.9 Å². The molecular formula is C17H24NO4+. The van der Waals surface area contributed by atoms with Crippen LogP contribution in [0.5, 0.6) is 17.2 Å². The molecule has 1 atom stereocenters. The standard InChI is InChI=1S/C17H23NO4/c1-13(10-18-11-14-6-5-9-21-14)12-22-17-15(19-2)7-4-8-16(17)20-3/h4-9,13,18H,10-12H2,1-3H3/p+1/t13-/m1/s1. The molecule has 1 aromatic heterocycles. The van der Waals surface area contributed by atoms with Crippen LogP contribution >= 0.6 is 0 Å². The average Bonchev–Trinajstić information content (AvgIpc) is 3.05. The van der Waals surface area contributed by atoms with Crippen molar-refractivity contribution in [3.63, 3.8) is 0 Å². The fourth-order valence-electron chi connectivity index (χ4n) is 2.19. The molecule has 0 saturated carbocycles. The lowest BCUT2D eigenvalue weighted by Crippen LogP contribution is -2.84. The zero-order chi connectivity index (χ0) is 15.8. The molecule has 0 aliphatic carbocycles. The first kappa shape index (κ1) is 16.2. The number of furan rings is 1. The third kappa shape index (κ3) is 4.43. The summed E-state index contributed by atoms with van der Waals surface area (Å²) in [5, 5.41) is 2.21. The van der Waals surface area contributed by atoms with Crippen molar-refractivity contribution in [2.75, 3.05) is 27.4 Å². The largest absolute Gasteiger partial charge is 0.493 e. The van der Waals surface area contributed by atoms with Crippen LogP contribution in [0.15, 0.2) is 41.0 Å². The summed E-state index contributed by atoms with van der Waals surface area (Å²) in [6, 6.07) is 9.50. The Balaban J connectivity index is 1.81. The van der Waals surface area contributed by atoms with E-state index in [1.54, 1.807) is 20.5 Å². The molecule has 2 aromatic rings. The molecule has 0 bridgehead atoms. The van der Waals surface area contributed by atoms with Crippen molar-refractivity contribution in [3.05, 3.63) is 42.4 Å². The molecule has 1 heterocycles. The Morgan fingerprint density at radius 3 is 2.41 bits per heavy atom. The van der Waals surface area contributed by atoms with Crippen molar-refractivity contribution in [1.82, 2.24) is 0 Å². The zero-order valence-electron chi connectivity index (χ0n) is 13.4. The Labute approximate surface area is 131 Å². The third-order valence-corrected chi connectivity index (χ3v) is 3.39. The van der Waals surface area contributed by atoms with Crippen LogP contribution in [-0.4, -0.2) is 27.4 Å². The Morgan fingerprint density at radius 1 is 1.09 bits per heavy atom. The van der Waals surface area contributed by atoms with E-state index in [-0.39, 0.29) is 0 Å². The summed E-state index contributed by atoms with van der Waals surface area (Å²) in [6.45, 7) is 4.55. The number of ether oxygens (including phenoxy) is 3. The fourth-order valence-corrected chi connectivity index (χ4v) is 2.19. The van der Waals surface area contributed by atoms with E-state index in [0.29, 0.717) is 29.8 Å². The highest BCUT2D eigenvalue weighted by atomic mass is 16.5. The van der Waals surface area contributed by atoms with Crippen LogP contribution in [0.3, 0.4) is 0 Å². The summed E-state index contributed by atoms with van der Waals surface area (Å²) < 4.78 is 21.9. The summed E-state index contributed by atoms with van der Waals surface area (Å²) in [5.74, 6) is 3.41. The molecule has 1 aromatic carbocycles. The van der Waals surface area contributed by atoms with Crippen LogP contribution in [0.4, 0.5) is 0 Å². The smallest absolute Gasteiger partial charge is 0.203 e. The molecule has 5 heteroatoms. The summed E-state index contributed by atoms with van der Waals surface area (Å²) in [5.41, 5.74) is 0. The summed E-state index contributed by atoms with van der Waals surface area (Å²) in [4.78, 5) is 0. The Hall–Kier alpha value is -2.14. The van der Waals surface area contributed by atoms with E-state index in [0.717, 1.165) is 18.8 Å².